The fourth-order valence-electron chi connectivity index (χ4n) is 2.56. The quantitative estimate of drug-likeness (QED) is 0.701. The van der Waals surface area contributed by atoms with Crippen LogP contribution in [0.3, 0.4) is 0 Å². The minimum absolute atomic E-state index is 0.0608. The number of aliphatic hydroxyl groups is 1. The van der Waals surface area contributed by atoms with Crippen LogP contribution in [0.2, 0.25) is 0 Å². The molecule has 7 heteroatoms. The van der Waals surface area contributed by atoms with Gasteiger partial charge in [-0.25, -0.2) is 4.98 Å². The normalized spacial score (nSPS) is 13.1. The van der Waals surface area contributed by atoms with Gasteiger partial charge >= 0.3 is 0 Å². The van der Waals surface area contributed by atoms with Crippen LogP contribution in [-0.2, 0) is 11.2 Å². The summed E-state index contributed by atoms with van der Waals surface area (Å²) in [6, 6.07) is 5.39. The van der Waals surface area contributed by atoms with Crippen LogP contribution in [0.25, 0.3) is 10.6 Å². The van der Waals surface area contributed by atoms with Crippen LogP contribution < -0.4 is 14.8 Å². The average molecular weight is 378 g/mol. The highest BCUT2D eigenvalue weighted by Crippen LogP contribution is 2.33. The van der Waals surface area contributed by atoms with Gasteiger partial charge in [0.2, 0.25) is 5.91 Å². The molecule has 1 heterocycles. The fraction of sp³-hybridized carbons (Fsp3) is 0.474. The number of aromatic nitrogens is 1. The van der Waals surface area contributed by atoms with Crippen molar-refractivity contribution in [3.63, 3.8) is 0 Å². The van der Waals surface area contributed by atoms with Gasteiger partial charge < -0.3 is 19.9 Å². The van der Waals surface area contributed by atoms with E-state index in [2.05, 4.69) is 10.3 Å². The number of hydrogen-bond donors (Lipinski definition) is 2. The van der Waals surface area contributed by atoms with Crippen molar-refractivity contribution >= 4 is 17.2 Å². The Kier molecular flexibility index (Phi) is 7.41. The molecule has 1 aromatic heterocycles. The van der Waals surface area contributed by atoms with Crippen LogP contribution in [0.1, 0.15) is 26.0 Å². The van der Waals surface area contributed by atoms with Crippen molar-refractivity contribution in [3.05, 3.63) is 29.3 Å². The van der Waals surface area contributed by atoms with Gasteiger partial charge in [0.25, 0.3) is 0 Å². The van der Waals surface area contributed by atoms with Gasteiger partial charge in [-0.15, -0.1) is 11.3 Å². The number of hydrogen-bond acceptors (Lipinski definition) is 6. The fourth-order valence-corrected chi connectivity index (χ4v) is 3.38. The Morgan fingerprint density at radius 2 is 2.04 bits per heavy atom. The molecule has 0 bridgehead atoms. The minimum atomic E-state index is -0.226. The van der Waals surface area contributed by atoms with E-state index >= 15 is 0 Å². The summed E-state index contributed by atoms with van der Waals surface area (Å²) >= 11 is 1.48. The minimum Gasteiger partial charge on any atom is -0.493 e. The first-order valence-corrected chi connectivity index (χ1v) is 9.47. The summed E-state index contributed by atoms with van der Waals surface area (Å²) in [7, 11) is 3.19. The van der Waals surface area contributed by atoms with Crippen molar-refractivity contribution in [2.24, 2.45) is 5.92 Å². The predicted octanol–water partition coefficient (Wildman–Crippen LogP) is 2.89. The molecule has 2 rings (SSSR count). The molecule has 0 aliphatic carbocycles. The second-order valence-electron chi connectivity index (χ2n) is 6.13. The van der Waals surface area contributed by atoms with Crippen LogP contribution in [0.4, 0.5) is 0 Å². The lowest BCUT2D eigenvalue weighted by Crippen LogP contribution is -2.42. The molecule has 1 amide bonds. The van der Waals surface area contributed by atoms with E-state index in [9.17, 15) is 9.90 Å². The molecule has 2 N–H and O–H groups in total. The first-order valence-electron chi connectivity index (χ1n) is 8.59. The number of amides is 1. The molecule has 2 aromatic rings. The predicted molar refractivity (Wildman–Crippen MR) is 103 cm³/mol. The number of nitrogens with zero attached hydrogens (tertiary/aromatic N) is 1. The molecule has 2 atom stereocenters. The van der Waals surface area contributed by atoms with Crippen LogP contribution >= 0.6 is 11.3 Å². The molecule has 0 aliphatic rings. The van der Waals surface area contributed by atoms with Crippen LogP contribution in [0.15, 0.2) is 23.6 Å². The zero-order valence-corrected chi connectivity index (χ0v) is 16.4. The van der Waals surface area contributed by atoms with Crippen LogP contribution in [0, 0.1) is 5.92 Å². The average Bonchev–Trinajstić information content (AvgIpc) is 3.13. The van der Waals surface area contributed by atoms with Gasteiger partial charge in [-0.2, -0.15) is 0 Å². The molecule has 0 radical (unpaired) electrons. The smallest absolute Gasteiger partial charge is 0.226 e. The summed E-state index contributed by atoms with van der Waals surface area (Å²) in [6.07, 6.45) is 1.09. The van der Waals surface area contributed by atoms with Gasteiger partial charge in [-0.1, -0.05) is 20.3 Å². The topological polar surface area (TPSA) is 80.7 Å². The molecule has 0 fully saturated rings. The van der Waals surface area contributed by atoms with Crippen molar-refractivity contribution in [1.29, 1.82) is 0 Å². The lowest BCUT2D eigenvalue weighted by atomic mass is 10.00. The number of nitrogens with one attached hydrogen (secondary N) is 1. The van der Waals surface area contributed by atoms with Crippen LogP contribution in [0.5, 0.6) is 11.5 Å². The Morgan fingerprint density at radius 1 is 1.31 bits per heavy atom. The molecule has 142 valence electrons. The summed E-state index contributed by atoms with van der Waals surface area (Å²) < 4.78 is 10.6. The Balaban J connectivity index is 2.07. The number of thiazole rings is 1. The molecule has 0 spiro atoms. The number of carbonyl (C=O) groups is 1. The molecular weight excluding hydrogens is 352 g/mol. The van der Waals surface area contributed by atoms with Crippen molar-refractivity contribution in [2.75, 3.05) is 20.8 Å². The van der Waals surface area contributed by atoms with Gasteiger partial charge in [0.1, 0.15) is 5.01 Å². The first-order chi connectivity index (χ1) is 12.5. The number of benzene rings is 1. The Labute approximate surface area is 158 Å². The third-order valence-corrected chi connectivity index (χ3v) is 5.34. The molecule has 26 heavy (non-hydrogen) atoms. The van der Waals surface area contributed by atoms with Gasteiger partial charge in [0.15, 0.2) is 11.5 Å². The van der Waals surface area contributed by atoms with Crippen LogP contribution in [-0.4, -0.2) is 42.9 Å². The number of aliphatic hydroxyl groups excluding tert-OH is 1. The Bertz CT molecular complexity index is 732. The highest BCUT2D eigenvalue weighted by Gasteiger charge is 2.18. The second kappa shape index (κ2) is 9.54. The second-order valence-corrected chi connectivity index (χ2v) is 6.99. The number of rotatable bonds is 9. The molecule has 2 unspecified atom stereocenters. The van der Waals surface area contributed by atoms with Crippen molar-refractivity contribution in [2.45, 2.75) is 32.7 Å². The summed E-state index contributed by atoms with van der Waals surface area (Å²) in [6.45, 7) is 3.99. The lowest BCUT2D eigenvalue weighted by molar-refractivity contribution is -0.121. The molecule has 0 aliphatic heterocycles. The molecule has 1 aromatic carbocycles. The zero-order chi connectivity index (χ0) is 19.1. The number of methoxy groups -OCH3 is 2. The summed E-state index contributed by atoms with van der Waals surface area (Å²) in [4.78, 5) is 16.8. The van der Waals surface area contributed by atoms with E-state index in [0.717, 1.165) is 17.0 Å². The third kappa shape index (κ3) is 4.95. The standard InChI is InChI=1S/C19H26N2O4S/c1-5-12(2)15(10-22)21-18(23)9-14-11-26-19(20-14)13-6-7-16(24-3)17(8-13)25-4/h6-8,11-12,15,22H,5,9-10H2,1-4H3,(H,21,23). The maximum absolute atomic E-state index is 12.2. The largest absolute Gasteiger partial charge is 0.493 e. The highest BCUT2D eigenvalue weighted by molar-refractivity contribution is 7.13. The highest BCUT2D eigenvalue weighted by atomic mass is 32.1. The SMILES string of the molecule is CCC(C)C(CO)NC(=O)Cc1csc(-c2ccc(OC)c(OC)c2)n1. The van der Waals surface area contributed by atoms with Crippen molar-refractivity contribution in [1.82, 2.24) is 10.3 Å². The summed E-state index contributed by atoms with van der Waals surface area (Å²) in [5, 5.41) is 15.0. The lowest BCUT2D eigenvalue weighted by Gasteiger charge is -2.21. The van der Waals surface area contributed by atoms with Crippen molar-refractivity contribution < 1.29 is 19.4 Å². The maximum atomic E-state index is 12.2. The number of ether oxygens (including phenoxy) is 2. The summed E-state index contributed by atoms with van der Waals surface area (Å²) in [5.41, 5.74) is 1.62. The van der Waals surface area contributed by atoms with Gasteiger partial charge in [-0.05, 0) is 24.1 Å². The maximum Gasteiger partial charge on any atom is 0.226 e. The van der Waals surface area contributed by atoms with E-state index in [1.807, 2.05) is 37.4 Å². The van der Waals surface area contributed by atoms with E-state index in [-0.39, 0.29) is 30.9 Å². The molecule has 0 saturated carbocycles. The number of carbonyl (C=O) groups excluding carboxylic acids is 1. The first kappa shape index (κ1) is 20.2. The third-order valence-electron chi connectivity index (χ3n) is 4.40. The van der Waals surface area contributed by atoms with E-state index in [1.165, 1.54) is 11.3 Å². The van der Waals surface area contributed by atoms with E-state index in [0.29, 0.717) is 17.2 Å². The Morgan fingerprint density at radius 3 is 2.65 bits per heavy atom. The molecular formula is C19H26N2O4S. The molecule has 6 nitrogen and oxygen atoms in total. The molecule has 0 saturated heterocycles. The van der Waals surface area contributed by atoms with Crippen molar-refractivity contribution in [3.8, 4) is 22.1 Å². The van der Waals surface area contributed by atoms with Gasteiger partial charge in [-0.3, -0.25) is 4.79 Å². The van der Waals surface area contributed by atoms with E-state index < -0.39 is 0 Å². The monoisotopic (exact) mass is 378 g/mol. The van der Waals surface area contributed by atoms with E-state index in [1.54, 1.807) is 14.2 Å². The van der Waals surface area contributed by atoms with Gasteiger partial charge in [0, 0.05) is 10.9 Å². The van der Waals surface area contributed by atoms with Gasteiger partial charge in [0.05, 0.1) is 39.0 Å². The zero-order valence-electron chi connectivity index (χ0n) is 15.6. The Hall–Kier alpha value is -2.12. The summed E-state index contributed by atoms with van der Waals surface area (Å²) in [5.74, 6) is 1.39. The van der Waals surface area contributed by atoms with E-state index in [4.69, 9.17) is 9.47 Å².